The van der Waals surface area contributed by atoms with E-state index in [1.165, 1.54) is 31.2 Å². The van der Waals surface area contributed by atoms with Crippen LogP contribution in [0.25, 0.3) is 5.76 Å². The first kappa shape index (κ1) is 23.0. The fourth-order valence-corrected chi connectivity index (χ4v) is 3.17. The van der Waals surface area contributed by atoms with Gasteiger partial charge in [0.05, 0.1) is 6.61 Å². The third-order valence-corrected chi connectivity index (χ3v) is 4.82. The molecule has 0 aliphatic rings. The van der Waals surface area contributed by atoms with Crippen molar-refractivity contribution in [2.45, 2.75) is 58.3 Å². The van der Waals surface area contributed by atoms with Crippen molar-refractivity contribution in [2.75, 3.05) is 20.3 Å². The van der Waals surface area contributed by atoms with Gasteiger partial charge < -0.3 is 14.2 Å². The van der Waals surface area contributed by atoms with E-state index in [-0.39, 0.29) is 0 Å². The largest absolute Gasteiger partial charge is 0.490 e. The molecule has 158 valence electrons. The van der Waals surface area contributed by atoms with Gasteiger partial charge in [-0.2, -0.15) is 0 Å². The van der Waals surface area contributed by atoms with E-state index < -0.39 is 0 Å². The highest BCUT2D eigenvalue weighted by Gasteiger charge is 2.04. The summed E-state index contributed by atoms with van der Waals surface area (Å²) in [5, 5.41) is 0. The molecule has 0 N–H and O–H groups in total. The van der Waals surface area contributed by atoms with Gasteiger partial charge in [0.2, 0.25) is 0 Å². The summed E-state index contributed by atoms with van der Waals surface area (Å²) in [6, 6.07) is 18.5. The summed E-state index contributed by atoms with van der Waals surface area (Å²) in [5.74, 6) is 1.61. The zero-order chi connectivity index (χ0) is 20.6. The number of ether oxygens (including phenoxy) is 3. The maximum absolute atomic E-state index is 6.07. The van der Waals surface area contributed by atoms with Crippen molar-refractivity contribution in [3.8, 4) is 5.75 Å². The molecule has 0 fully saturated rings. The van der Waals surface area contributed by atoms with Crippen LogP contribution in [0.2, 0.25) is 0 Å². The molecule has 0 aliphatic heterocycles. The van der Waals surface area contributed by atoms with Crippen LogP contribution >= 0.6 is 0 Å². The van der Waals surface area contributed by atoms with E-state index >= 15 is 0 Å². The number of benzene rings is 2. The molecule has 0 saturated carbocycles. The van der Waals surface area contributed by atoms with E-state index in [1.54, 1.807) is 13.4 Å². The molecule has 29 heavy (non-hydrogen) atoms. The lowest BCUT2D eigenvalue weighted by Gasteiger charge is -2.11. The maximum Gasteiger partial charge on any atom is 0.161 e. The number of rotatable bonds is 15. The Hall–Kier alpha value is -2.26. The van der Waals surface area contributed by atoms with Gasteiger partial charge >= 0.3 is 0 Å². The van der Waals surface area contributed by atoms with Gasteiger partial charge in [-0.3, -0.25) is 0 Å². The smallest absolute Gasteiger partial charge is 0.161 e. The van der Waals surface area contributed by atoms with Crippen molar-refractivity contribution < 1.29 is 14.2 Å². The molecule has 0 radical (unpaired) electrons. The Balaban J connectivity index is 1.81. The third-order valence-electron chi connectivity index (χ3n) is 4.82. The average molecular weight is 397 g/mol. The molecule has 3 nitrogen and oxygen atoms in total. The van der Waals surface area contributed by atoms with Crippen LogP contribution < -0.4 is 4.74 Å². The van der Waals surface area contributed by atoms with Crippen LogP contribution in [0.3, 0.4) is 0 Å². The lowest BCUT2D eigenvalue weighted by atomic mass is 10.1. The van der Waals surface area contributed by atoms with E-state index in [2.05, 4.69) is 31.2 Å². The Morgan fingerprint density at radius 3 is 2.10 bits per heavy atom. The van der Waals surface area contributed by atoms with Crippen LogP contribution in [-0.2, 0) is 15.9 Å². The van der Waals surface area contributed by atoms with Gasteiger partial charge in [0.15, 0.2) is 5.76 Å². The zero-order valence-electron chi connectivity index (χ0n) is 18.1. The molecule has 3 heteroatoms. The molecule has 0 spiro atoms. The number of hydrogen-bond acceptors (Lipinski definition) is 3. The number of hydrogen-bond donors (Lipinski definition) is 0. The summed E-state index contributed by atoms with van der Waals surface area (Å²) in [6.07, 6.45) is 11.1. The molecule has 0 amide bonds. The number of methoxy groups -OCH3 is 1. The van der Waals surface area contributed by atoms with Crippen LogP contribution in [0.15, 0.2) is 60.9 Å². The van der Waals surface area contributed by atoms with Crippen LogP contribution in [-0.4, -0.2) is 20.3 Å². The van der Waals surface area contributed by atoms with E-state index in [1.807, 2.05) is 30.3 Å². The topological polar surface area (TPSA) is 27.7 Å². The van der Waals surface area contributed by atoms with Gasteiger partial charge in [-0.05, 0) is 37.0 Å². The molecule has 2 rings (SSSR count). The second-order valence-electron chi connectivity index (χ2n) is 7.32. The predicted molar refractivity (Wildman–Crippen MR) is 121 cm³/mol. The van der Waals surface area contributed by atoms with Crippen molar-refractivity contribution in [3.05, 3.63) is 72.0 Å². The summed E-state index contributed by atoms with van der Waals surface area (Å²) in [5.41, 5.74) is 2.38. The minimum absolute atomic E-state index is 0.706. The molecule has 0 saturated heterocycles. The van der Waals surface area contributed by atoms with E-state index in [4.69, 9.17) is 14.2 Å². The molecule has 0 bridgehead atoms. The van der Waals surface area contributed by atoms with Crippen LogP contribution in [0.1, 0.15) is 63.0 Å². The van der Waals surface area contributed by atoms with Crippen LogP contribution in [0, 0.1) is 0 Å². The standard InChI is InChI=1S/C26H36O3/c1-3-13-23-16-18-25(19-17-23)29-22-26(24-14-9-8-10-15-24)28-21-12-7-5-4-6-11-20-27-2/h8-10,14-19,22H,3-7,11-13,20-21H2,1-2H3/b26-22-. The van der Waals surface area contributed by atoms with Crippen molar-refractivity contribution >= 4 is 5.76 Å². The molecule has 2 aromatic rings. The Bertz CT molecular complexity index is 677. The highest BCUT2D eigenvalue weighted by Crippen LogP contribution is 2.20. The van der Waals surface area contributed by atoms with Gasteiger partial charge in [0, 0.05) is 19.3 Å². The van der Waals surface area contributed by atoms with Gasteiger partial charge in [0.1, 0.15) is 12.0 Å². The lowest BCUT2D eigenvalue weighted by Crippen LogP contribution is -1.98. The predicted octanol–water partition coefficient (Wildman–Crippen LogP) is 7.02. The van der Waals surface area contributed by atoms with Gasteiger partial charge in [-0.25, -0.2) is 0 Å². The van der Waals surface area contributed by atoms with Crippen molar-refractivity contribution in [2.24, 2.45) is 0 Å². The van der Waals surface area contributed by atoms with E-state index in [9.17, 15) is 0 Å². The lowest BCUT2D eigenvalue weighted by molar-refractivity contribution is 0.191. The summed E-state index contributed by atoms with van der Waals surface area (Å²) in [6.45, 7) is 3.77. The van der Waals surface area contributed by atoms with E-state index in [0.29, 0.717) is 6.61 Å². The normalized spacial score (nSPS) is 11.4. The first-order chi connectivity index (χ1) is 14.3. The summed E-state index contributed by atoms with van der Waals surface area (Å²) < 4.78 is 17.1. The third kappa shape index (κ3) is 9.67. The Labute approximate surface area is 176 Å². The average Bonchev–Trinajstić information content (AvgIpc) is 2.76. The second kappa shape index (κ2) is 14.7. The number of unbranched alkanes of at least 4 members (excludes halogenated alkanes) is 5. The van der Waals surface area contributed by atoms with Gasteiger partial charge in [-0.15, -0.1) is 0 Å². The van der Waals surface area contributed by atoms with Gasteiger partial charge in [0.25, 0.3) is 0 Å². The van der Waals surface area contributed by atoms with Crippen molar-refractivity contribution in [1.82, 2.24) is 0 Å². The molecule has 0 aromatic heterocycles. The molecular weight excluding hydrogens is 360 g/mol. The highest BCUT2D eigenvalue weighted by atomic mass is 16.5. The minimum atomic E-state index is 0.706. The fraction of sp³-hybridized carbons (Fsp3) is 0.462. The molecule has 0 atom stereocenters. The van der Waals surface area contributed by atoms with Gasteiger partial charge in [-0.1, -0.05) is 81.5 Å². The Morgan fingerprint density at radius 2 is 1.45 bits per heavy atom. The SMILES string of the molecule is CCCc1ccc(O/C=C(\OCCCCCCCCOC)c2ccccc2)cc1. The molecule has 0 heterocycles. The van der Waals surface area contributed by atoms with Crippen molar-refractivity contribution in [1.29, 1.82) is 0 Å². The van der Waals surface area contributed by atoms with Crippen LogP contribution in [0.5, 0.6) is 5.75 Å². The highest BCUT2D eigenvalue weighted by molar-refractivity contribution is 5.58. The molecule has 0 unspecified atom stereocenters. The van der Waals surface area contributed by atoms with Crippen LogP contribution in [0.4, 0.5) is 0 Å². The maximum atomic E-state index is 6.07. The summed E-state index contributed by atoms with van der Waals surface area (Å²) in [4.78, 5) is 0. The first-order valence-corrected chi connectivity index (χ1v) is 11.0. The minimum Gasteiger partial charge on any atom is -0.490 e. The van der Waals surface area contributed by atoms with Crippen molar-refractivity contribution in [3.63, 3.8) is 0 Å². The summed E-state index contributed by atoms with van der Waals surface area (Å²) in [7, 11) is 1.76. The molecule has 2 aromatic carbocycles. The van der Waals surface area contributed by atoms with E-state index in [0.717, 1.165) is 49.4 Å². The fourth-order valence-electron chi connectivity index (χ4n) is 3.17. The molecular formula is C26H36O3. The summed E-state index contributed by atoms with van der Waals surface area (Å²) >= 11 is 0. The molecule has 0 aliphatic carbocycles. The zero-order valence-corrected chi connectivity index (χ0v) is 18.1. The first-order valence-electron chi connectivity index (χ1n) is 11.0. The number of aryl methyl sites for hydroxylation is 1. The Kier molecular flexibility index (Phi) is 11.7. The monoisotopic (exact) mass is 396 g/mol. The quantitative estimate of drug-likeness (QED) is 0.239. The Morgan fingerprint density at radius 1 is 0.793 bits per heavy atom. The second-order valence-corrected chi connectivity index (χ2v) is 7.32.